The van der Waals surface area contributed by atoms with E-state index in [9.17, 15) is 5.41 Å². The molecule has 8 rings (SSSR count). The van der Waals surface area contributed by atoms with Crippen molar-refractivity contribution in [3.63, 3.8) is 0 Å². The van der Waals surface area contributed by atoms with E-state index in [4.69, 9.17) is 5.73 Å². The molecule has 6 aromatic carbocycles. The molecule has 2 aromatic heterocycles. The highest BCUT2D eigenvalue weighted by Crippen LogP contribution is 2.37. The van der Waals surface area contributed by atoms with Gasteiger partial charge in [0.1, 0.15) is 5.82 Å². The van der Waals surface area contributed by atoms with Crippen LogP contribution in [0.4, 0.5) is 5.82 Å². The van der Waals surface area contributed by atoms with Gasteiger partial charge in [0.25, 0.3) is 0 Å². The van der Waals surface area contributed by atoms with Crippen LogP contribution in [0, 0.1) is 5.41 Å². The Morgan fingerprint density at radius 1 is 0.465 bits per heavy atom. The van der Waals surface area contributed by atoms with Crippen molar-refractivity contribution in [2.45, 2.75) is 0 Å². The summed E-state index contributed by atoms with van der Waals surface area (Å²) in [5, 5.41) is 12.7. The molecule has 4 heteroatoms. The van der Waals surface area contributed by atoms with Crippen molar-refractivity contribution < 1.29 is 0 Å². The molecule has 0 bridgehead atoms. The first-order valence-electron chi connectivity index (χ1n) is 14.4. The standard InChI is InChI=1S/C39H28N4/c40-38(37-32-19-8-10-21-35(32)43(39(37)41)29-15-5-2-6-16-29)28-22-23-36-33(25-28)31-18-7-9-20-34(31)42(36)30-17-11-14-27(24-30)26-12-3-1-4-13-26/h1-25,40H,41H2. The third-order valence-electron chi connectivity index (χ3n) is 8.35. The van der Waals surface area contributed by atoms with Crippen LogP contribution < -0.4 is 5.73 Å². The predicted molar refractivity (Wildman–Crippen MR) is 180 cm³/mol. The molecule has 4 nitrogen and oxygen atoms in total. The molecular formula is C39H28N4. The fraction of sp³-hybridized carbons (Fsp3) is 0. The van der Waals surface area contributed by atoms with Crippen molar-refractivity contribution in [1.82, 2.24) is 9.13 Å². The van der Waals surface area contributed by atoms with Gasteiger partial charge in [-0.05, 0) is 59.7 Å². The topological polar surface area (TPSA) is 59.7 Å². The van der Waals surface area contributed by atoms with E-state index in [1.165, 1.54) is 11.1 Å². The summed E-state index contributed by atoms with van der Waals surface area (Å²) in [4.78, 5) is 0. The highest BCUT2D eigenvalue weighted by Gasteiger charge is 2.21. The average molecular weight is 553 g/mol. The quantitative estimate of drug-likeness (QED) is 0.205. The molecule has 0 spiro atoms. The number of nitrogens with two attached hydrogens (primary N) is 1. The molecule has 2 heterocycles. The maximum Gasteiger partial charge on any atom is 0.118 e. The number of nitrogens with one attached hydrogen (secondary N) is 1. The molecule has 0 saturated carbocycles. The number of aromatic nitrogens is 2. The van der Waals surface area contributed by atoms with Crippen LogP contribution in [0.2, 0.25) is 0 Å². The predicted octanol–water partition coefficient (Wildman–Crippen LogP) is 9.39. The minimum atomic E-state index is 0.410. The second-order valence-corrected chi connectivity index (χ2v) is 10.8. The van der Waals surface area contributed by atoms with Crippen LogP contribution in [0.15, 0.2) is 152 Å². The molecule has 0 aliphatic rings. The van der Waals surface area contributed by atoms with Gasteiger partial charge in [-0.2, -0.15) is 0 Å². The monoisotopic (exact) mass is 552 g/mol. The van der Waals surface area contributed by atoms with Crippen molar-refractivity contribution in [2.24, 2.45) is 0 Å². The van der Waals surface area contributed by atoms with Crippen molar-refractivity contribution in [1.29, 1.82) is 5.41 Å². The van der Waals surface area contributed by atoms with Crippen molar-refractivity contribution in [2.75, 3.05) is 5.73 Å². The molecule has 0 amide bonds. The fourth-order valence-corrected chi connectivity index (χ4v) is 6.38. The molecule has 3 N–H and O–H groups in total. The Morgan fingerprint density at radius 3 is 1.81 bits per heavy atom. The van der Waals surface area contributed by atoms with Crippen LogP contribution in [-0.2, 0) is 0 Å². The lowest BCUT2D eigenvalue weighted by atomic mass is 9.99. The van der Waals surface area contributed by atoms with Gasteiger partial charge in [0.05, 0.1) is 27.8 Å². The van der Waals surface area contributed by atoms with E-state index in [0.29, 0.717) is 11.5 Å². The highest BCUT2D eigenvalue weighted by atomic mass is 15.1. The largest absolute Gasteiger partial charge is 0.384 e. The van der Waals surface area contributed by atoms with Crippen LogP contribution in [0.1, 0.15) is 11.1 Å². The second-order valence-electron chi connectivity index (χ2n) is 10.8. The zero-order valence-corrected chi connectivity index (χ0v) is 23.4. The van der Waals surface area contributed by atoms with Crippen LogP contribution in [-0.4, -0.2) is 14.8 Å². The molecule has 0 aliphatic heterocycles. The lowest BCUT2D eigenvalue weighted by Gasteiger charge is -2.11. The van der Waals surface area contributed by atoms with E-state index in [1.54, 1.807) is 0 Å². The Balaban J connectivity index is 1.30. The fourth-order valence-electron chi connectivity index (χ4n) is 6.38. The first-order valence-corrected chi connectivity index (χ1v) is 14.4. The van der Waals surface area contributed by atoms with Gasteiger partial charge in [-0.3, -0.25) is 9.98 Å². The Hall–Kier alpha value is -5.87. The lowest BCUT2D eigenvalue weighted by Crippen LogP contribution is -2.07. The molecule has 8 aromatic rings. The average Bonchev–Trinajstić information content (AvgIpc) is 3.56. The maximum absolute atomic E-state index is 9.45. The van der Waals surface area contributed by atoms with E-state index in [0.717, 1.165) is 55.2 Å². The molecule has 0 radical (unpaired) electrons. The summed E-state index contributed by atoms with van der Waals surface area (Å²) in [5.74, 6) is 0.567. The summed E-state index contributed by atoms with van der Waals surface area (Å²) in [6.45, 7) is 0. The number of hydrogen-bond donors (Lipinski definition) is 2. The molecule has 204 valence electrons. The van der Waals surface area contributed by atoms with Gasteiger partial charge in [-0.15, -0.1) is 0 Å². The number of fused-ring (bicyclic) bond motifs is 4. The van der Waals surface area contributed by atoms with Gasteiger partial charge in [-0.1, -0.05) is 103 Å². The van der Waals surface area contributed by atoms with Crippen molar-refractivity contribution in [3.8, 4) is 22.5 Å². The van der Waals surface area contributed by atoms with E-state index < -0.39 is 0 Å². The smallest absolute Gasteiger partial charge is 0.118 e. The second kappa shape index (κ2) is 9.89. The van der Waals surface area contributed by atoms with E-state index in [1.807, 2.05) is 53.1 Å². The molecule has 0 atom stereocenters. The van der Waals surface area contributed by atoms with E-state index in [-0.39, 0.29) is 0 Å². The van der Waals surface area contributed by atoms with Crippen LogP contribution in [0.3, 0.4) is 0 Å². The van der Waals surface area contributed by atoms with Gasteiger partial charge < -0.3 is 10.3 Å². The van der Waals surface area contributed by atoms with Crippen LogP contribution >= 0.6 is 0 Å². The summed E-state index contributed by atoms with van der Waals surface area (Å²) >= 11 is 0. The highest BCUT2D eigenvalue weighted by molar-refractivity contribution is 6.23. The van der Waals surface area contributed by atoms with Crippen molar-refractivity contribution >= 4 is 44.2 Å². The third-order valence-corrected chi connectivity index (χ3v) is 8.35. The summed E-state index contributed by atoms with van der Waals surface area (Å²) in [7, 11) is 0. The van der Waals surface area contributed by atoms with Crippen molar-refractivity contribution in [3.05, 3.63) is 163 Å². The molecule has 0 fully saturated rings. The minimum Gasteiger partial charge on any atom is -0.384 e. The molecular weight excluding hydrogens is 524 g/mol. The number of rotatable bonds is 5. The number of benzene rings is 6. The summed E-state index contributed by atoms with van der Waals surface area (Å²) in [6, 6.07) is 52.2. The first kappa shape index (κ1) is 24.9. The Morgan fingerprint density at radius 2 is 1.05 bits per heavy atom. The number of hydrogen-bond acceptors (Lipinski definition) is 2. The van der Waals surface area contributed by atoms with E-state index in [2.05, 4.69) is 108 Å². The number of para-hydroxylation sites is 3. The summed E-state index contributed by atoms with van der Waals surface area (Å²) in [5.41, 5.74) is 16.5. The lowest BCUT2D eigenvalue weighted by molar-refractivity contribution is 1.14. The maximum atomic E-state index is 9.45. The minimum absolute atomic E-state index is 0.410. The molecule has 0 unspecified atom stereocenters. The summed E-state index contributed by atoms with van der Waals surface area (Å²) in [6.07, 6.45) is 0. The molecule has 43 heavy (non-hydrogen) atoms. The van der Waals surface area contributed by atoms with Gasteiger partial charge in [0.2, 0.25) is 0 Å². The number of anilines is 1. The molecule has 0 aliphatic carbocycles. The Kier molecular flexibility index (Phi) is 5.73. The van der Waals surface area contributed by atoms with E-state index >= 15 is 0 Å². The third kappa shape index (κ3) is 3.96. The normalized spacial score (nSPS) is 11.4. The zero-order chi connectivity index (χ0) is 28.9. The summed E-state index contributed by atoms with van der Waals surface area (Å²) < 4.78 is 4.36. The number of nitrogens with zero attached hydrogens (tertiary/aromatic N) is 2. The number of nitrogen functional groups attached to an aromatic ring is 1. The Labute approximate surface area is 249 Å². The molecule has 0 saturated heterocycles. The van der Waals surface area contributed by atoms with Gasteiger partial charge in [0.15, 0.2) is 0 Å². The van der Waals surface area contributed by atoms with Crippen LogP contribution in [0.5, 0.6) is 0 Å². The van der Waals surface area contributed by atoms with Gasteiger partial charge in [0, 0.05) is 33.1 Å². The zero-order valence-electron chi connectivity index (χ0n) is 23.4. The van der Waals surface area contributed by atoms with Gasteiger partial charge in [-0.25, -0.2) is 0 Å². The SMILES string of the molecule is N=C(c1ccc2c(c1)c1ccccc1n2-c1cccc(-c2ccccc2)c1)c1c(N)n(-c2ccccc2)c2ccccc12. The van der Waals surface area contributed by atoms with Gasteiger partial charge >= 0.3 is 0 Å². The van der Waals surface area contributed by atoms with Crippen LogP contribution in [0.25, 0.3) is 55.2 Å². The Bertz CT molecular complexity index is 2310. The first-order chi connectivity index (χ1) is 21.2.